The van der Waals surface area contributed by atoms with E-state index in [1.807, 2.05) is 12.1 Å². The highest BCUT2D eigenvalue weighted by atomic mass is 35.5. The van der Waals surface area contributed by atoms with Gasteiger partial charge in [0.15, 0.2) is 5.82 Å². The lowest BCUT2D eigenvalue weighted by molar-refractivity contribution is 0.102. The summed E-state index contributed by atoms with van der Waals surface area (Å²) in [5.41, 5.74) is 2.77. The van der Waals surface area contributed by atoms with E-state index in [0.717, 1.165) is 30.6 Å². The van der Waals surface area contributed by atoms with Crippen LogP contribution in [-0.4, -0.2) is 12.5 Å². The zero-order valence-corrected chi connectivity index (χ0v) is 12.0. The van der Waals surface area contributed by atoms with Gasteiger partial charge in [-0.25, -0.2) is 4.39 Å². The Kier molecular flexibility index (Phi) is 3.80. The summed E-state index contributed by atoms with van der Waals surface area (Å²) in [6, 6.07) is 9.99. The van der Waals surface area contributed by atoms with Crippen molar-refractivity contribution < 1.29 is 9.18 Å². The third kappa shape index (κ3) is 2.85. The SMILES string of the molecule is O=C(Nc1cccc(Cl)c1F)c1ccc2c(c1)CCCN2. The van der Waals surface area contributed by atoms with Crippen molar-refractivity contribution in [1.82, 2.24) is 0 Å². The van der Waals surface area contributed by atoms with Gasteiger partial charge in [0.1, 0.15) is 0 Å². The van der Waals surface area contributed by atoms with E-state index in [4.69, 9.17) is 11.6 Å². The molecular formula is C16H14ClFN2O. The molecule has 0 bridgehead atoms. The number of carbonyl (C=O) groups is 1. The molecule has 0 radical (unpaired) electrons. The van der Waals surface area contributed by atoms with E-state index in [-0.39, 0.29) is 16.6 Å². The molecule has 0 saturated carbocycles. The number of rotatable bonds is 2. The summed E-state index contributed by atoms with van der Waals surface area (Å²) in [5.74, 6) is -0.961. The second-order valence-corrected chi connectivity index (χ2v) is 5.36. The minimum Gasteiger partial charge on any atom is -0.385 e. The lowest BCUT2D eigenvalue weighted by atomic mass is 10.0. The Morgan fingerprint density at radius 1 is 1.29 bits per heavy atom. The van der Waals surface area contributed by atoms with Crippen LogP contribution in [0.4, 0.5) is 15.8 Å². The molecule has 0 spiro atoms. The van der Waals surface area contributed by atoms with Gasteiger partial charge in [-0.05, 0) is 48.7 Å². The smallest absolute Gasteiger partial charge is 0.255 e. The van der Waals surface area contributed by atoms with E-state index in [0.29, 0.717) is 5.56 Å². The maximum atomic E-state index is 13.8. The molecule has 0 atom stereocenters. The number of amides is 1. The van der Waals surface area contributed by atoms with Gasteiger partial charge >= 0.3 is 0 Å². The van der Waals surface area contributed by atoms with E-state index in [9.17, 15) is 9.18 Å². The predicted molar refractivity (Wildman–Crippen MR) is 82.6 cm³/mol. The quantitative estimate of drug-likeness (QED) is 0.877. The first kappa shape index (κ1) is 13.9. The maximum Gasteiger partial charge on any atom is 0.255 e. The molecule has 0 saturated heterocycles. The molecule has 21 heavy (non-hydrogen) atoms. The van der Waals surface area contributed by atoms with Gasteiger partial charge in [-0.15, -0.1) is 0 Å². The van der Waals surface area contributed by atoms with Crippen LogP contribution in [0.1, 0.15) is 22.3 Å². The minimum atomic E-state index is -0.618. The molecule has 2 N–H and O–H groups in total. The standard InChI is InChI=1S/C16H14ClFN2O/c17-12-4-1-5-14(15(12)18)20-16(21)11-6-7-13-10(9-11)3-2-8-19-13/h1,4-7,9,19H,2-3,8H2,(H,20,21). The Bertz CT molecular complexity index is 703. The van der Waals surface area contributed by atoms with Crippen LogP contribution in [0.25, 0.3) is 0 Å². The first-order valence-corrected chi connectivity index (χ1v) is 7.15. The van der Waals surface area contributed by atoms with E-state index in [1.165, 1.54) is 12.1 Å². The highest BCUT2D eigenvalue weighted by Crippen LogP contribution is 2.25. The van der Waals surface area contributed by atoms with Crippen LogP contribution in [0.2, 0.25) is 5.02 Å². The van der Waals surface area contributed by atoms with Crippen molar-refractivity contribution in [1.29, 1.82) is 0 Å². The Labute approximate surface area is 127 Å². The first-order valence-electron chi connectivity index (χ1n) is 6.77. The fraction of sp³-hybridized carbons (Fsp3) is 0.188. The van der Waals surface area contributed by atoms with Crippen molar-refractivity contribution in [2.45, 2.75) is 12.8 Å². The number of aryl methyl sites for hydroxylation is 1. The lowest BCUT2D eigenvalue weighted by Gasteiger charge is -2.18. The minimum absolute atomic E-state index is 0.0116. The molecule has 1 heterocycles. The number of nitrogens with one attached hydrogen (secondary N) is 2. The summed E-state index contributed by atoms with van der Waals surface area (Å²) in [6.07, 6.45) is 1.98. The monoisotopic (exact) mass is 304 g/mol. The highest BCUT2D eigenvalue weighted by Gasteiger charge is 2.14. The van der Waals surface area contributed by atoms with E-state index in [2.05, 4.69) is 10.6 Å². The van der Waals surface area contributed by atoms with E-state index in [1.54, 1.807) is 12.1 Å². The number of fused-ring (bicyclic) bond motifs is 1. The second kappa shape index (κ2) is 5.74. The van der Waals surface area contributed by atoms with Gasteiger partial charge in [0.2, 0.25) is 0 Å². The molecule has 5 heteroatoms. The summed E-state index contributed by atoms with van der Waals surface area (Å²) >= 11 is 5.70. The Morgan fingerprint density at radius 2 is 2.14 bits per heavy atom. The Hall–Kier alpha value is -2.07. The van der Waals surface area contributed by atoms with Crippen LogP contribution in [0.15, 0.2) is 36.4 Å². The molecule has 0 aromatic heterocycles. The van der Waals surface area contributed by atoms with Gasteiger partial charge in [-0.3, -0.25) is 4.79 Å². The maximum absolute atomic E-state index is 13.8. The molecule has 2 aromatic carbocycles. The molecule has 0 fully saturated rings. The molecule has 108 valence electrons. The molecule has 1 aliphatic rings. The summed E-state index contributed by atoms with van der Waals surface area (Å²) in [7, 11) is 0. The molecule has 1 aliphatic heterocycles. The molecule has 1 amide bonds. The molecule has 0 unspecified atom stereocenters. The van der Waals surface area contributed by atoms with Crippen LogP contribution in [0.3, 0.4) is 0 Å². The fourth-order valence-corrected chi connectivity index (χ4v) is 2.59. The van der Waals surface area contributed by atoms with Crippen LogP contribution < -0.4 is 10.6 Å². The van der Waals surface area contributed by atoms with Gasteiger partial charge in [0, 0.05) is 17.8 Å². The lowest BCUT2D eigenvalue weighted by Crippen LogP contribution is -2.16. The number of carbonyl (C=O) groups excluding carboxylic acids is 1. The van der Waals surface area contributed by atoms with Crippen molar-refractivity contribution in [3.63, 3.8) is 0 Å². The normalized spacial score (nSPS) is 13.2. The van der Waals surface area contributed by atoms with Crippen LogP contribution in [-0.2, 0) is 6.42 Å². The van der Waals surface area contributed by atoms with Gasteiger partial charge in [-0.1, -0.05) is 17.7 Å². The fourth-order valence-electron chi connectivity index (χ4n) is 2.41. The number of hydrogen-bond acceptors (Lipinski definition) is 2. The molecular weight excluding hydrogens is 291 g/mol. The number of anilines is 2. The summed E-state index contributed by atoms with van der Waals surface area (Å²) in [5, 5.41) is 5.83. The van der Waals surface area contributed by atoms with Crippen LogP contribution in [0, 0.1) is 5.82 Å². The van der Waals surface area contributed by atoms with Crippen LogP contribution in [0.5, 0.6) is 0 Å². The predicted octanol–water partition coefficient (Wildman–Crippen LogP) is 4.09. The summed E-state index contributed by atoms with van der Waals surface area (Å²) in [4.78, 5) is 12.2. The summed E-state index contributed by atoms with van der Waals surface area (Å²) < 4.78 is 13.8. The van der Waals surface area contributed by atoms with E-state index < -0.39 is 5.82 Å². The number of halogens is 2. The zero-order valence-electron chi connectivity index (χ0n) is 11.2. The van der Waals surface area contributed by atoms with Crippen molar-refractivity contribution >= 4 is 28.9 Å². The molecule has 2 aromatic rings. The topological polar surface area (TPSA) is 41.1 Å². The van der Waals surface area contributed by atoms with Gasteiger partial charge < -0.3 is 10.6 Å². The van der Waals surface area contributed by atoms with Gasteiger partial charge in [0.25, 0.3) is 5.91 Å². The Balaban J connectivity index is 1.84. The van der Waals surface area contributed by atoms with Crippen LogP contribution >= 0.6 is 11.6 Å². The average Bonchev–Trinajstić information content (AvgIpc) is 2.51. The third-order valence-electron chi connectivity index (χ3n) is 3.51. The number of hydrogen-bond donors (Lipinski definition) is 2. The van der Waals surface area contributed by atoms with Crippen molar-refractivity contribution in [3.05, 3.63) is 58.4 Å². The number of benzene rings is 2. The average molecular weight is 305 g/mol. The zero-order chi connectivity index (χ0) is 14.8. The van der Waals surface area contributed by atoms with Gasteiger partial charge in [0.05, 0.1) is 10.7 Å². The second-order valence-electron chi connectivity index (χ2n) is 4.96. The van der Waals surface area contributed by atoms with Crippen molar-refractivity contribution in [2.75, 3.05) is 17.2 Å². The van der Waals surface area contributed by atoms with Crippen molar-refractivity contribution in [3.8, 4) is 0 Å². The van der Waals surface area contributed by atoms with Gasteiger partial charge in [-0.2, -0.15) is 0 Å². The van der Waals surface area contributed by atoms with Crippen molar-refractivity contribution in [2.24, 2.45) is 0 Å². The third-order valence-corrected chi connectivity index (χ3v) is 3.80. The molecule has 3 nitrogen and oxygen atoms in total. The first-order chi connectivity index (χ1) is 10.1. The summed E-state index contributed by atoms with van der Waals surface area (Å²) in [6.45, 7) is 0.951. The molecule has 3 rings (SSSR count). The largest absolute Gasteiger partial charge is 0.385 e. The van der Waals surface area contributed by atoms with E-state index >= 15 is 0 Å². The molecule has 0 aliphatic carbocycles. The Morgan fingerprint density at radius 3 is 3.00 bits per heavy atom. The highest BCUT2D eigenvalue weighted by molar-refractivity contribution is 6.31.